The quantitative estimate of drug-likeness (QED) is 0.600. The fourth-order valence-electron chi connectivity index (χ4n) is 1.66. The lowest BCUT2D eigenvalue weighted by Gasteiger charge is -2.37. The van der Waals surface area contributed by atoms with Crippen molar-refractivity contribution in [2.45, 2.75) is 26.8 Å². The van der Waals surface area contributed by atoms with E-state index < -0.39 is 0 Å². The Bertz CT molecular complexity index is 114. The lowest BCUT2D eigenvalue weighted by Crippen LogP contribution is -2.47. The maximum Gasteiger partial charge on any atom is 0.0624 e. The van der Waals surface area contributed by atoms with E-state index in [0.29, 0.717) is 6.04 Å². The van der Waals surface area contributed by atoms with Gasteiger partial charge >= 0.3 is 0 Å². The second kappa shape index (κ2) is 4.07. The van der Waals surface area contributed by atoms with Crippen molar-refractivity contribution in [3.8, 4) is 0 Å². The Hall–Kier alpha value is -0.0800. The molecule has 0 radical (unpaired) electrons. The first-order valence-corrected chi connectivity index (χ1v) is 4.57. The first-order chi connectivity index (χ1) is 5.25. The van der Waals surface area contributed by atoms with Gasteiger partial charge < -0.3 is 4.74 Å². The summed E-state index contributed by atoms with van der Waals surface area (Å²) in [6.45, 7) is 10.9. The van der Waals surface area contributed by atoms with Crippen LogP contribution in [0, 0.1) is 5.92 Å². The zero-order valence-electron chi connectivity index (χ0n) is 7.84. The molecule has 1 aliphatic rings. The van der Waals surface area contributed by atoms with Crippen LogP contribution in [0.2, 0.25) is 0 Å². The monoisotopic (exact) mass is 157 g/mol. The Morgan fingerprint density at radius 2 is 2.27 bits per heavy atom. The second-order valence-electron chi connectivity index (χ2n) is 3.51. The van der Waals surface area contributed by atoms with E-state index in [-0.39, 0.29) is 0 Å². The van der Waals surface area contributed by atoms with Crippen molar-refractivity contribution in [2.24, 2.45) is 5.92 Å². The average molecular weight is 157 g/mol. The van der Waals surface area contributed by atoms with Crippen molar-refractivity contribution in [1.29, 1.82) is 0 Å². The Morgan fingerprint density at radius 3 is 2.73 bits per heavy atom. The predicted molar refractivity (Wildman–Crippen MR) is 46.7 cm³/mol. The van der Waals surface area contributed by atoms with E-state index >= 15 is 0 Å². The number of hydrogen-bond acceptors (Lipinski definition) is 2. The number of hydrogen-bond donors (Lipinski definition) is 0. The maximum atomic E-state index is 5.43. The lowest BCUT2D eigenvalue weighted by molar-refractivity contribution is -0.0216. The van der Waals surface area contributed by atoms with E-state index in [2.05, 4.69) is 25.7 Å². The molecule has 0 N–H and O–H groups in total. The molecule has 2 nitrogen and oxygen atoms in total. The van der Waals surface area contributed by atoms with E-state index in [0.717, 1.165) is 32.2 Å². The van der Waals surface area contributed by atoms with E-state index in [1.54, 1.807) is 0 Å². The van der Waals surface area contributed by atoms with Crippen LogP contribution in [-0.2, 0) is 4.74 Å². The topological polar surface area (TPSA) is 12.5 Å². The third kappa shape index (κ3) is 2.17. The summed E-state index contributed by atoms with van der Waals surface area (Å²) in [6.07, 6.45) is 0. The van der Waals surface area contributed by atoms with Crippen molar-refractivity contribution in [3.63, 3.8) is 0 Å². The molecule has 0 amide bonds. The normalized spacial score (nSPS) is 27.8. The summed E-state index contributed by atoms with van der Waals surface area (Å²) in [5.74, 6) is 0.718. The smallest absolute Gasteiger partial charge is 0.0624 e. The predicted octanol–water partition coefficient (Wildman–Crippen LogP) is 1.36. The Morgan fingerprint density at radius 1 is 1.55 bits per heavy atom. The molecule has 0 bridgehead atoms. The van der Waals surface area contributed by atoms with E-state index in [1.807, 2.05) is 0 Å². The first-order valence-electron chi connectivity index (χ1n) is 4.57. The standard InChI is InChI=1S/C9H19NO/c1-4-10-5-6-11-7-9(10)8(2)3/h8-9H,4-7H2,1-3H3. The number of ether oxygens (including phenoxy) is 1. The highest BCUT2D eigenvalue weighted by molar-refractivity contribution is 4.76. The molecule has 1 fully saturated rings. The zero-order valence-corrected chi connectivity index (χ0v) is 7.84. The average Bonchev–Trinajstić information content (AvgIpc) is 2.04. The van der Waals surface area contributed by atoms with Gasteiger partial charge in [-0.1, -0.05) is 20.8 Å². The van der Waals surface area contributed by atoms with Gasteiger partial charge in [0.15, 0.2) is 0 Å². The molecule has 11 heavy (non-hydrogen) atoms. The third-order valence-electron chi connectivity index (χ3n) is 2.46. The molecule has 1 aliphatic heterocycles. The third-order valence-corrected chi connectivity index (χ3v) is 2.46. The Balaban J connectivity index is 2.44. The second-order valence-corrected chi connectivity index (χ2v) is 3.51. The molecule has 1 saturated heterocycles. The minimum atomic E-state index is 0.647. The van der Waals surface area contributed by atoms with Gasteiger partial charge in [-0.15, -0.1) is 0 Å². The number of morpholine rings is 1. The molecule has 0 aromatic rings. The van der Waals surface area contributed by atoms with Crippen LogP contribution < -0.4 is 0 Å². The summed E-state index contributed by atoms with van der Waals surface area (Å²) >= 11 is 0. The van der Waals surface area contributed by atoms with Crippen LogP contribution in [0.4, 0.5) is 0 Å². The highest BCUT2D eigenvalue weighted by atomic mass is 16.5. The molecule has 1 unspecified atom stereocenters. The van der Waals surface area contributed by atoms with Gasteiger partial charge in [0.25, 0.3) is 0 Å². The van der Waals surface area contributed by atoms with Gasteiger partial charge in [-0.25, -0.2) is 0 Å². The van der Waals surface area contributed by atoms with Gasteiger partial charge in [-0.05, 0) is 12.5 Å². The van der Waals surface area contributed by atoms with Gasteiger partial charge in [0.2, 0.25) is 0 Å². The van der Waals surface area contributed by atoms with Crippen LogP contribution in [-0.4, -0.2) is 37.2 Å². The van der Waals surface area contributed by atoms with Crippen LogP contribution in [0.25, 0.3) is 0 Å². The van der Waals surface area contributed by atoms with Crippen molar-refractivity contribution in [3.05, 3.63) is 0 Å². The Labute approximate surface area is 69.5 Å². The van der Waals surface area contributed by atoms with E-state index in [4.69, 9.17) is 4.74 Å². The lowest BCUT2D eigenvalue weighted by atomic mass is 10.0. The van der Waals surface area contributed by atoms with Crippen LogP contribution in [0.3, 0.4) is 0 Å². The van der Waals surface area contributed by atoms with E-state index in [1.165, 1.54) is 0 Å². The largest absolute Gasteiger partial charge is 0.378 e. The van der Waals surface area contributed by atoms with Crippen molar-refractivity contribution in [2.75, 3.05) is 26.3 Å². The minimum absolute atomic E-state index is 0.647. The fourth-order valence-corrected chi connectivity index (χ4v) is 1.66. The van der Waals surface area contributed by atoms with Crippen molar-refractivity contribution < 1.29 is 4.74 Å². The Kier molecular flexibility index (Phi) is 3.34. The summed E-state index contributed by atoms with van der Waals surface area (Å²) < 4.78 is 5.43. The molecule has 1 atom stereocenters. The number of likely N-dealkylation sites (N-methyl/N-ethyl adjacent to an activating group) is 1. The van der Waals surface area contributed by atoms with Crippen LogP contribution in [0.1, 0.15) is 20.8 Å². The molecule has 0 spiro atoms. The van der Waals surface area contributed by atoms with Gasteiger partial charge in [0.05, 0.1) is 13.2 Å². The van der Waals surface area contributed by atoms with Crippen molar-refractivity contribution in [1.82, 2.24) is 4.90 Å². The van der Waals surface area contributed by atoms with Gasteiger partial charge in [0.1, 0.15) is 0 Å². The summed E-state index contributed by atoms with van der Waals surface area (Å²) in [4.78, 5) is 2.51. The molecular formula is C9H19NO. The van der Waals surface area contributed by atoms with E-state index in [9.17, 15) is 0 Å². The van der Waals surface area contributed by atoms with Crippen molar-refractivity contribution >= 4 is 0 Å². The summed E-state index contributed by atoms with van der Waals surface area (Å²) in [6, 6.07) is 0.647. The highest BCUT2D eigenvalue weighted by Crippen LogP contribution is 2.14. The molecular weight excluding hydrogens is 138 g/mol. The molecule has 0 saturated carbocycles. The maximum absolute atomic E-state index is 5.43. The fraction of sp³-hybridized carbons (Fsp3) is 1.00. The van der Waals surface area contributed by atoms with Crippen LogP contribution in [0.5, 0.6) is 0 Å². The van der Waals surface area contributed by atoms with Gasteiger partial charge in [-0.2, -0.15) is 0 Å². The molecule has 2 heteroatoms. The van der Waals surface area contributed by atoms with Gasteiger partial charge in [0, 0.05) is 12.6 Å². The summed E-state index contributed by atoms with van der Waals surface area (Å²) in [7, 11) is 0. The zero-order chi connectivity index (χ0) is 8.27. The molecule has 0 aromatic heterocycles. The summed E-state index contributed by atoms with van der Waals surface area (Å²) in [5, 5.41) is 0. The molecule has 1 heterocycles. The van der Waals surface area contributed by atoms with Crippen LogP contribution in [0.15, 0.2) is 0 Å². The SMILES string of the molecule is CCN1CCOCC1C(C)C. The number of rotatable bonds is 2. The van der Waals surface area contributed by atoms with Crippen LogP contribution >= 0.6 is 0 Å². The molecule has 66 valence electrons. The minimum Gasteiger partial charge on any atom is -0.378 e. The molecule has 0 aromatic carbocycles. The first kappa shape index (κ1) is 9.01. The molecule has 0 aliphatic carbocycles. The highest BCUT2D eigenvalue weighted by Gasteiger charge is 2.23. The number of nitrogens with zero attached hydrogens (tertiary/aromatic N) is 1. The molecule has 1 rings (SSSR count). The summed E-state index contributed by atoms with van der Waals surface area (Å²) in [5.41, 5.74) is 0. The van der Waals surface area contributed by atoms with Gasteiger partial charge in [-0.3, -0.25) is 4.90 Å².